The second kappa shape index (κ2) is 7.47. The minimum absolute atomic E-state index is 0.297. The van der Waals surface area contributed by atoms with Crippen molar-refractivity contribution in [2.24, 2.45) is 0 Å². The fraction of sp³-hybridized carbons (Fsp3) is 0.211. The van der Waals surface area contributed by atoms with E-state index in [2.05, 4.69) is 40.9 Å². The van der Waals surface area contributed by atoms with Crippen LogP contribution in [0.3, 0.4) is 0 Å². The molecule has 130 valence electrons. The van der Waals surface area contributed by atoms with E-state index in [1.54, 1.807) is 29.5 Å². The van der Waals surface area contributed by atoms with Gasteiger partial charge in [-0.05, 0) is 31.5 Å². The lowest BCUT2D eigenvalue weighted by atomic mass is 10.2. The maximum atomic E-state index is 12.3. The average Bonchev–Trinajstić information content (AvgIpc) is 3.04. The summed E-state index contributed by atoms with van der Waals surface area (Å²) in [6.45, 7) is 4.26. The van der Waals surface area contributed by atoms with Gasteiger partial charge in [-0.15, -0.1) is 11.3 Å². The van der Waals surface area contributed by atoms with Crippen molar-refractivity contribution >= 4 is 21.4 Å². The van der Waals surface area contributed by atoms with Crippen molar-refractivity contribution in [1.29, 1.82) is 0 Å². The second-order valence-electron chi connectivity index (χ2n) is 5.97. The van der Waals surface area contributed by atoms with E-state index in [4.69, 9.17) is 0 Å². The van der Waals surface area contributed by atoms with E-state index in [9.17, 15) is 8.42 Å². The third-order valence-electron chi connectivity index (χ3n) is 3.82. The molecule has 0 radical (unpaired) electrons. The van der Waals surface area contributed by atoms with Crippen LogP contribution in [-0.2, 0) is 16.4 Å². The standard InChI is InChI=1S/C19H20N2O2S2/c1-14-6-8-16(9-7-14)19-21-17(13-24-19)10-11-20-25(22,23)18-5-3-4-15(2)12-18/h3-9,12-13,20H,10-11H2,1-2H3. The fourth-order valence-electron chi connectivity index (χ4n) is 2.43. The number of nitrogens with one attached hydrogen (secondary N) is 1. The van der Waals surface area contributed by atoms with E-state index in [1.807, 2.05) is 18.4 Å². The van der Waals surface area contributed by atoms with Gasteiger partial charge in [0, 0.05) is 23.9 Å². The molecule has 6 heteroatoms. The largest absolute Gasteiger partial charge is 0.241 e. The van der Waals surface area contributed by atoms with Crippen LogP contribution in [0, 0.1) is 13.8 Å². The molecule has 0 unspecified atom stereocenters. The fourth-order valence-corrected chi connectivity index (χ4v) is 4.43. The van der Waals surface area contributed by atoms with Gasteiger partial charge in [0.15, 0.2) is 0 Å². The molecule has 0 aliphatic carbocycles. The van der Waals surface area contributed by atoms with E-state index in [0.717, 1.165) is 21.8 Å². The number of thiazole rings is 1. The Balaban J connectivity index is 1.62. The molecule has 3 rings (SSSR count). The summed E-state index contributed by atoms with van der Waals surface area (Å²) in [5.41, 5.74) is 4.12. The molecule has 25 heavy (non-hydrogen) atoms. The van der Waals surface area contributed by atoms with E-state index in [-0.39, 0.29) is 0 Å². The SMILES string of the molecule is Cc1ccc(-c2nc(CCNS(=O)(=O)c3cccc(C)c3)cs2)cc1. The molecule has 3 aromatic rings. The van der Waals surface area contributed by atoms with Gasteiger partial charge in [-0.3, -0.25) is 0 Å². The number of aromatic nitrogens is 1. The molecule has 2 aromatic carbocycles. The summed E-state index contributed by atoms with van der Waals surface area (Å²) in [5, 5.41) is 2.94. The first-order chi connectivity index (χ1) is 11.9. The number of sulfonamides is 1. The van der Waals surface area contributed by atoms with Crippen molar-refractivity contribution in [3.05, 3.63) is 70.7 Å². The maximum Gasteiger partial charge on any atom is 0.240 e. The third kappa shape index (κ3) is 4.54. The highest BCUT2D eigenvalue weighted by Crippen LogP contribution is 2.24. The Morgan fingerprint density at radius 3 is 2.52 bits per heavy atom. The Morgan fingerprint density at radius 2 is 1.80 bits per heavy atom. The Morgan fingerprint density at radius 1 is 1.04 bits per heavy atom. The van der Waals surface area contributed by atoms with Crippen molar-refractivity contribution < 1.29 is 8.42 Å². The van der Waals surface area contributed by atoms with Gasteiger partial charge in [-0.2, -0.15) is 0 Å². The van der Waals surface area contributed by atoms with Crippen molar-refractivity contribution in [3.8, 4) is 10.6 Å². The molecule has 0 aliphatic heterocycles. The van der Waals surface area contributed by atoms with Crippen LogP contribution in [0.15, 0.2) is 58.8 Å². The molecule has 1 N–H and O–H groups in total. The van der Waals surface area contributed by atoms with E-state index < -0.39 is 10.0 Å². The van der Waals surface area contributed by atoms with Gasteiger partial charge in [-0.25, -0.2) is 18.1 Å². The normalized spacial score (nSPS) is 11.6. The minimum atomic E-state index is -3.48. The summed E-state index contributed by atoms with van der Waals surface area (Å²) in [7, 11) is -3.48. The molecule has 1 aromatic heterocycles. The summed E-state index contributed by atoms with van der Waals surface area (Å²) >= 11 is 1.58. The van der Waals surface area contributed by atoms with E-state index >= 15 is 0 Å². The smallest absolute Gasteiger partial charge is 0.240 e. The van der Waals surface area contributed by atoms with Gasteiger partial charge < -0.3 is 0 Å². The minimum Gasteiger partial charge on any atom is -0.241 e. The molecule has 0 fully saturated rings. The molecule has 1 heterocycles. The third-order valence-corrected chi connectivity index (χ3v) is 6.22. The maximum absolute atomic E-state index is 12.3. The summed E-state index contributed by atoms with van der Waals surface area (Å²) < 4.78 is 27.3. The van der Waals surface area contributed by atoms with Gasteiger partial charge in [0.2, 0.25) is 10.0 Å². The van der Waals surface area contributed by atoms with E-state index in [0.29, 0.717) is 17.9 Å². The van der Waals surface area contributed by atoms with Crippen LogP contribution < -0.4 is 4.72 Å². The zero-order valence-electron chi connectivity index (χ0n) is 14.2. The number of hydrogen-bond acceptors (Lipinski definition) is 4. The molecule has 0 bridgehead atoms. The Kier molecular flexibility index (Phi) is 5.32. The van der Waals surface area contributed by atoms with Crippen LogP contribution in [-0.4, -0.2) is 19.9 Å². The molecule has 0 saturated carbocycles. The summed E-state index contributed by atoms with van der Waals surface area (Å²) in [6.07, 6.45) is 0.563. The molecule has 0 saturated heterocycles. The highest BCUT2D eigenvalue weighted by atomic mass is 32.2. The molecule has 0 atom stereocenters. The lowest BCUT2D eigenvalue weighted by Gasteiger charge is -2.06. The Labute approximate surface area is 152 Å². The zero-order chi connectivity index (χ0) is 17.9. The van der Waals surface area contributed by atoms with Gasteiger partial charge in [0.25, 0.3) is 0 Å². The quantitative estimate of drug-likeness (QED) is 0.713. The predicted octanol–water partition coefficient (Wildman–Crippen LogP) is 3.95. The Bertz CT molecular complexity index is 961. The van der Waals surface area contributed by atoms with Crippen LogP contribution in [0.4, 0.5) is 0 Å². The highest BCUT2D eigenvalue weighted by molar-refractivity contribution is 7.89. The molecule has 0 amide bonds. The Hall–Kier alpha value is -2.02. The first-order valence-electron chi connectivity index (χ1n) is 8.02. The van der Waals surface area contributed by atoms with Crippen LogP contribution in [0.25, 0.3) is 10.6 Å². The molecule has 4 nitrogen and oxygen atoms in total. The highest BCUT2D eigenvalue weighted by Gasteiger charge is 2.13. The van der Waals surface area contributed by atoms with Gasteiger partial charge in [0.05, 0.1) is 10.6 Å². The number of hydrogen-bond donors (Lipinski definition) is 1. The second-order valence-corrected chi connectivity index (χ2v) is 8.60. The first-order valence-corrected chi connectivity index (χ1v) is 10.4. The van der Waals surface area contributed by atoms with Crippen LogP contribution in [0.5, 0.6) is 0 Å². The summed E-state index contributed by atoms with van der Waals surface area (Å²) in [6, 6.07) is 15.1. The van der Waals surface area contributed by atoms with Crippen LogP contribution in [0.2, 0.25) is 0 Å². The monoisotopic (exact) mass is 372 g/mol. The lowest BCUT2D eigenvalue weighted by Crippen LogP contribution is -2.26. The predicted molar refractivity (Wildman–Crippen MR) is 102 cm³/mol. The average molecular weight is 373 g/mol. The number of aryl methyl sites for hydroxylation is 2. The van der Waals surface area contributed by atoms with Crippen molar-refractivity contribution in [1.82, 2.24) is 9.71 Å². The van der Waals surface area contributed by atoms with Crippen molar-refractivity contribution in [2.75, 3.05) is 6.54 Å². The van der Waals surface area contributed by atoms with Gasteiger partial charge in [0.1, 0.15) is 5.01 Å². The van der Waals surface area contributed by atoms with Gasteiger partial charge >= 0.3 is 0 Å². The van der Waals surface area contributed by atoms with Crippen LogP contribution in [0.1, 0.15) is 16.8 Å². The first kappa shape index (κ1) is 17.8. The molecule has 0 spiro atoms. The van der Waals surface area contributed by atoms with Crippen LogP contribution >= 0.6 is 11.3 Å². The number of rotatable bonds is 6. The van der Waals surface area contributed by atoms with E-state index in [1.165, 1.54) is 5.56 Å². The zero-order valence-corrected chi connectivity index (χ0v) is 15.8. The summed E-state index contributed by atoms with van der Waals surface area (Å²) in [4.78, 5) is 4.90. The van der Waals surface area contributed by atoms with Gasteiger partial charge in [-0.1, -0.05) is 42.0 Å². The van der Waals surface area contributed by atoms with Crippen molar-refractivity contribution in [2.45, 2.75) is 25.2 Å². The summed E-state index contributed by atoms with van der Waals surface area (Å²) in [5.74, 6) is 0. The molecular weight excluding hydrogens is 352 g/mol. The molecule has 0 aliphatic rings. The molecular formula is C19H20N2O2S2. The van der Waals surface area contributed by atoms with Crippen molar-refractivity contribution in [3.63, 3.8) is 0 Å². The topological polar surface area (TPSA) is 59.1 Å². The lowest BCUT2D eigenvalue weighted by molar-refractivity contribution is 0.581. The number of nitrogens with zero attached hydrogens (tertiary/aromatic N) is 1. The number of benzene rings is 2.